The third kappa shape index (κ3) is 2.59. The van der Waals surface area contributed by atoms with E-state index in [9.17, 15) is 4.79 Å². The van der Waals surface area contributed by atoms with Crippen LogP contribution in [0.25, 0.3) is 0 Å². The first-order valence-electron chi connectivity index (χ1n) is 3.63. The molecule has 12 heavy (non-hydrogen) atoms. The van der Waals surface area contributed by atoms with Crippen LogP contribution in [0.4, 0.5) is 0 Å². The fraction of sp³-hybridized carbons (Fsp3) is 0.625. The summed E-state index contributed by atoms with van der Waals surface area (Å²) in [5.41, 5.74) is 0. The number of rotatable bonds is 3. The van der Waals surface area contributed by atoms with Crippen LogP contribution in [0, 0.1) is 34.5 Å². The maximum Gasteiger partial charge on any atom is 0.324 e. The van der Waals surface area contributed by atoms with Crippen molar-refractivity contribution in [2.45, 2.75) is 13.8 Å². The Kier molecular flexibility index (Phi) is 4.48. The summed E-state index contributed by atoms with van der Waals surface area (Å²) < 4.78 is 4.61. The van der Waals surface area contributed by atoms with Crippen molar-refractivity contribution in [1.82, 2.24) is 0 Å². The first-order chi connectivity index (χ1) is 5.67. The van der Waals surface area contributed by atoms with Crippen molar-refractivity contribution in [2.24, 2.45) is 11.8 Å². The lowest BCUT2D eigenvalue weighted by molar-refractivity contribution is -0.146. The van der Waals surface area contributed by atoms with Gasteiger partial charge in [0.15, 0.2) is 5.92 Å². The molecular weight excluding hydrogens is 156 g/mol. The van der Waals surface area contributed by atoms with Crippen LogP contribution in [-0.2, 0) is 9.53 Å². The molecule has 2 atom stereocenters. The summed E-state index contributed by atoms with van der Waals surface area (Å²) in [6.45, 7) is 3.41. The van der Waals surface area contributed by atoms with Gasteiger partial charge in [0, 0.05) is 0 Å². The van der Waals surface area contributed by atoms with Crippen molar-refractivity contribution in [3.8, 4) is 12.1 Å². The van der Waals surface area contributed by atoms with Gasteiger partial charge in [0.1, 0.15) is 0 Å². The Bertz CT molecular complexity index is 236. The van der Waals surface area contributed by atoms with Crippen LogP contribution in [0.3, 0.4) is 0 Å². The molecule has 0 saturated heterocycles. The highest BCUT2D eigenvalue weighted by Crippen LogP contribution is 2.11. The highest BCUT2D eigenvalue weighted by molar-refractivity contribution is 5.75. The summed E-state index contributed by atoms with van der Waals surface area (Å²) in [6.07, 6.45) is 0. The summed E-state index contributed by atoms with van der Waals surface area (Å²) in [7, 11) is 0. The van der Waals surface area contributed by atoms with Crippen molar-refractivity contribution in [2.75, 3.05) is 6.61 Å². The van der Waals surface area contributed by atoms with E-state index in [1.54, 1.807) is 13.0 Å². The van der Waals surface area contributed by atoms with Crippen LogP contribution in [0.2, 0.25) is 0 Å². The van der Waals surface area contributed by atoms with Gasteiger partial charge in [0.25, 0.3) is 0 Å². The number of carbonyl (C=O) groups is 1. The molecule has 0 saturated carbocycles. The topological polar surface area (TPSA) is 73.9 Å². The molecule has 0 bridgehead atoms. The predicted molar refractivity (Wildman–Crippen MR) is 40.5 cm³/mol. The zero-order valence-electron chi connectivity index (χ0n) is 7.07. The number of esters is 1. The molecule has 0 aromatic heterocycles. The van der Waals surface area contributed by atoms with Crippen LogP contribution in [0.15, 0.2) is 0 Å². The smallest absolute Gasteiger partial charge is 0.324 e. The molecule has 0 aromatic carbocycles. The third-order valence-electron chi connectivity index (χ3n) is 1.38. The number of ether oxygens (including phenoxy) is 1. The summed E-state index contributed by atoms with van der Waals surface area (Å²) in [6, 6.07) is 3.57. The predicted octanol–water partition coefficient (Wildman–Crippen LogP) is 0.849. The van der Waals surface area contributed by atoms with E-state index in [1.807, 2.05) is 6.07 Å². The van der Waals surface area contributed by atoms with Crippen molar-refractivity contribution in [3.05, 3.63) is 0 Å². The fourth-order valence-corrected chi connectivity index (χ4v) is 0.675. The molecular formula is C8H10N2O2. The van der Waals surface area contributed by atoms with Gasteiger partial charge in [-0.05, 0) is 13.8 Å². The second-order valence-corrected chi connectivity index (χ2v) is 2.28. The zero-order chi connectivity index (χ0) is 9.56. The minimum absolute atomic E-state index is 0.231. The second kappa shape index (κ2) is 5.15. The zero-order valence-corrected chi connectivity index (χ0v) is 7.07. The largest absolute Gasteiger partial charge is 0.465 e. The maximum absolute atomic E-state index is 11.0. The molecule has 0 aromatic rings. The van der Waals surface area contributed by atoms with E-state index in [0.717, 1.165) is 0 Å². The Morgan fingerprint density at radius 1 is 1.50 bits per heavy atom. The van der Waals surface area contributed by atoms with Gasteiger partial charge in [-0.15, -0.1) is 0 Å². The Hall–Kier alpha value is -1.55. The highest BCUT2D eigenvalue weighted by Gasteiger charge is 2.25. The molecule has 0 aliphatic heterocycles. The molecule has 0 aliphatic carbocycles. The van der Waals surface area contributed by atoms with Crippen LogP contribution in [-0.4, -0.2) is 12.6 Å². The third-order valence-corrected chi connectivity index (χ3v) is 1.38. The van der Waals surface area contributed by atoms with Crippen molar-refractivity contribution in [3.63, 3.8) is 0 Å². The quantitative estimate of drug-likeness (QED) is 0.582. The van der Waals surface area contributed by atoms with Gasteiger partial charge in [-0.2, -0.15) is 10.5 Å². The SMILES string of the molecule is CCOC(=O)[C@H](C#N)[C@@H](C)C#N. The van der Waals surface area contributed by atoms with Gasteiger partial charge >= 0.3 is 5.97 Å². The molecule has 0 rings (SSSR count). The molecule has 0 heterocycles. The summed E-state index contributed by atoms with van der Waals surface area (Å²) in [5, 5.41) is 17.0. The number of nitriles is 2. The fourth-order valence-electron chi connectivity index (χ4n) is 0.675. The van der Waals surface area contributed by atoms with Gasteiger partial charge in [-0.1, -0.05) is 0 Å². The monoisotopic (exact) mass is 166 g/mol. The average molecular weight is 166 g/mol. The second-order valence-electron chi connectivity index (χ2n) is 2.28. The van der Waals surface area contributed by atoms with E-state index in [0.29, 0.717) is 0 Å². The maximum atomic E-state index is 11.0. The van der Waals surface area contributed by atoms with Crippen molar-refractivity contribution < 1.29 is 9.53 Å². The molecule has 0 aliphatic rings. The normalized spacial score (nSPS) is 13.7. The van der Waals surface area contributed by atoms with Crippen LogP contribution in [0.1, 0.15) is 13.8 Å². The number of nitrogens with zero attached hydrogens (tertiary/aromatic N) is 2. The summed E-state index contributed by atoms with van der Waals surface area (Å²) in [5.74, 6) is -2.20. The van der Waals surface area contributed by atoms with Gasteiger partial charge in [0.05, 0.1) is 24.7 Å². The van der Waals surface area contributed by atoms with Crippen molar-refractivity contribution in [1.29, 1.82) is 10.5 Å². The van der Waals surface area contributed by atoms with Crippen LogP contribution >= 0.6 is 0 Å². The summed E-state index contributed by atoms with van der Waals surface area (Å²) in [4.78, 5) is 11.0. The van der Waals surface area contributed by atoms with E-state index >= 15 is 0 Å². The van der Waals surface area contributed by atoms with Gasteiger partial charge in [0.2, 0.25) is 0 Å². The van der Waals surface area contributed by atoms with Crippen LogP contribution < -0.4 is 0 Å². The lowest BCUT2D eigenvalue weighted by atomic mass is 9.97. The lowest BCUT2D eigenvalue weighted by Gasteiger charge is -2.08. The molecule has 4 heteroatoms. The average Bonchev–Trinajstić information content (AvgIpc) is 2.06. The Morgan fingerprint density at radius 2 is 2.08 bits per heavy atom. The number of carbonyl (C=O) groups excluding carboxylic acids is 1. The standard InChI is InChI=1S/C8H10N2O2/c1-3-12-8(11)7(5-10)6(2)4-9/h6-7H,3H2,1-2H3/t6-,7+/m0/s1. The van der Waals surface area contributed by atoms with E-state index in [4.69, 9.17) is 10.5 Å². The van der Waals surface area contributed by atoms with E-state index in [2.05, 4.69) is 4.74 Å². The van der Waals surface area contributed by atoms with E-state index in [1.165, 1.54) is 6.92 Å². The van der Waals surface area contributed by atoms with E-state index in [-0.39, 0.29) is 6.61 Å². The van der Waals surface area contributed by atoms with Crippen LogP contribution in [0.5, 0.6) is 0 Å². The van der Waals surface area contributed by atoms with E-state index < -0.39 is 17.8 Å². The molecule has 0 amide bonds. The molecule has 0 radical (unpaired) electrons. The Labute approximate surface area is 71.4 Å². The highest BCUT2D eigenvalue weighted by atomic mass is 16.5. The minimum atomic E-state index is -0.963. The minimum Gasteiger partial charge on any atom is -0.465 e. The first kappa shape index (κ1) is 10.4. The van der Waals surface area contributed by atoms with Crippen molar-refractivity contribution >= 4 is 5.97 Å². The van der Waals surface area contributed by atoms with Gasteiger partial charge < -0.3 is 4.74 Å². The molecule has 4 nitrogen and oxygen atoms in total. The lowest BCUT2D eigenvalue weighted by Crippen LogP contribution is -2.21. The summed E-state index contributed by atoms with van der Waals surface area (Å²) >= 11 is 0. The first-order valence-corrected chi connectivity index (χ1v) is 3.63. The molecule has 0 fully saturated rings. The molecule has 0 N–H and O–H groups in total. The molecule has 0 spiro atoms. The Morgan fingerprint density at radius 3 is 2.42 bits per heavy atom. The van der Waals surface area contributed by atoms with Gasteiger partial charge in [-0.25, -0.2) is 0 Å². The molecule has 0 unspecified atom stereocenters. The number of hydrogen-bond donors (Lipinski definition) is 0. The van der Waals surface area contributed by atoms with Gasteiger partial charge in [-0.3, -0.25) is 4.79 Å². The Balaban J connectivity index is 4.29. The molecule has 64 valence electrons. The number of hydrogen-bond acceptors (Lipinski definition) is 4.